The predicted octanol–water partition coefficient (Wildman–Crippen LogP) is 1.92. The summed E-state index contributed by atoms with van der Waals surface area (Å²) < 4.78 is 0. The van der Waals surface area contributed by atoms with Gasteiger partial charge in [0.2, 0.25) is 11.8 Å². The van der Waals surface area contributed by atoms with Gasteiger partial charge in [0.05, 0.1) is 6.54 Å². The number of nitrogens with zero attached hydrogens (tertiary/aromatic N) is 1. The highest BCUT2D eigenvalue weighted by Crippen LogP contribution is 2.22. The zero-order valence-electron chi connectivity index (χ0n) is 12.5. The van der Waals surface area contributed by atoms with E-state index >= 15 is 0 Å². The van der Waals surface area contributed by atoms with Crippen LogP contribution in [0.2, 0.25) is 0 Å². The van der Waals surface area contributed by atoms with Crippen LogP contribution in [0.25, 0.3) is 0 Å². The van der Waals surface area contributed by atoms with E-state index in [-0.39, 0.29) is 17.7 Å². The molecule has 0 saturated carbocycles. The Kier molecular flexibility index (Phi) is 4.42. The van der Waals surface area contributed by atoms with Crippen LogP contribution < -0.4 is 15.5 Å². The number of carbonyl (C=O) groups is 2. The summed E-state index contributed by atoms with van der Waals surface area (Å²) in [5.74, 6) is 0.221. The molecule has 3 rings (SSSR count). The van der Waals surface area contributed by atoms with Gasteiger partial charge in [-0.2, -0.15) is 0 Å². The fourth-order valence-electron chi connectivity index (χ4n) is 2.89. The minimum atomic E-state index is 0.0500. The number of nitrogens with one attached hydrogen (secondary N) is 2. The highest BCUT2D eigenvalue weighted by molar-refractivity contribution is 5.93. The molecule has 5 heteroatoms. The van der Waals surface area contributed by atoms with Crippen LogP contribution >= 0.6 is 0 Å². The van der Waals surface area contributed by atoms with Gasteiger partial charge in [-0.15, -0.1) is 0 Å². The first-order valence-corrected chi connectivity index (χ1v) is 7.80. The number of hydrogen-bond donors (Lipinski definition) is 2. The topological polar surface area (TPSA) is 61.4 Å². The summed E-state index contributed by atoms with van der Waals surface area (Å²) in [6.07, 6.45) is 6.94. The van der Waals surface area contributed by atoms with Crippen LogP contribution in [0, 0.1) is 5.92 Å². The maximum absolute atomic E-state index is 12.2. The smallest absolute Gasteiger partial charge is 0.239 e. The van der Waals surface area contributed by atoms with E-state index in [0.717, 1.165) is 37.2 Å². The third kappa shape index (κ3) is 3.47. The van der Waals surface area contributed by atoms with Crippen LogP contribution in [0.5, 0.6) is 0 Å². The van der Waals surface area contributed by atoms with Crippen molar-refractivity contribution in [2.24, 2.45) is 5.92 Å². The molecule has 1 aromatic rings. The fraction of sp³-hybridized carbons (Fsp3) is 0.412. The van der Waals surface area contributed by atoms with E-state index in [1.54, 1.807) is 0 Å². The Hall–Kier alpha value is -2.30. The number of piperazine rings is 1. The van der Waals surface area contributed by atoms with Gasteiger partial charge in [0, 0.05) is 30.4 Å². The Bertz CT molecular complexity index is 580. The molecule has 1 fully saturated rings. The van der Waals surface area contributed by atoms with Crippen LogP contribution in [0.15, 0.2) is 36.4 Å². The van der Waals surface area contributed by atoms with Crippen molar-refractivity contribution < 1.29 is 9.59 Å². The molecule has 0 bridgehead atoms. The van der Waals surface area contributed by atoms with Crippen molar-refractivity contribution in [1.82, 2.24) is 5.32 Å². The number of amides is 2. The van der Waals surface area contributed by atoms with Gasteiger partial charge in [0.15, 0.2) is 0 Å². The molecule has 1 unspecified atom stereocenters. The van der Waals surface area contributed by atoms with Crippen molar-refractivity contribution in [3.63, 3.8) is 0 Å². The van der Waals surface area contributed by atoms with Gasteiger partial charge in [0.25, 0.3) is 0 Å². The summed E-state index contributed by atoms with van der Waals surface area (Å²) in [6.45, 7) is 1.87. The molecule has 0 radical (unpaired) electrons. The second-order valence-electron chi connectivity index (χ2n) is 5.79. The van der Waals surface area contributed by atoms with Crippen LogP contribution in [0.1, 0.15) is 19.3 Å². The molecular formula is C17H21N3O2. The molecule has 1 aliphatic heterocycles. The van der Waals surface area contributed by atoms with Gasteiger partial charge < -0.3 is 15.5 Å². The van der Waals surface area contributed by atoms with Crippen LogP contribution in [-0.4, -0.2) is 31.4 Å². The summed E-state index contributed by atoms with van der Waals surface area (Å²) in [7, 11) is 0. The highest BCUT2D eigenvalue weighted by atomic mass is 16.2. The molecule has 1 heterocycles. The lowest BCUT2D eigenvalue weighted by atomic mass is 9.93. The minimum Gasteiger partial charge on any atom is -0.360 e. The molecule has 0 spiro atoms. The first-order valence-electron chi connectivity index (χ1n) is 7.80. The zero-order valence-corrected chi connectivity index (χ0v) is 12.5. The number of anilines is 2. The lowest BCUT2D eigenvalue weighted by molar-refractivity contribution is -0.121. The van der Waals surface area contributed by atoms with Gasteiger partial charge in [-0.05, 0) is 43.5 Å². The van der Waals surface area contributed by atoms with Crippen molar-refractivity contribution >= 4 is 23.2 Å². The van der Waals surface area contributed by atoms with Crippen molar-refractivity contribution in [2.75, 3.05) is 29.9 Å². The average Bonchev–Trinajstić information content (AvgIpc) is 2.56. The molecular weight excluding hydrogens is 278 g/mol. The van der Waals surface area contributed by atoms with Crippen LogP contribution in [-0.2, 0) is 9.59 Å². The predicted molar refractivity (Wildman–Crippen MR) is 86.8 cm³/mol. The minimum absolute atomic E-state index is 0.0500. The molecule has 1 aliphatic carbocycles. The van der Waals surface area contributed by atoms with Gasteiger partial charge in [-0.3, -0.25) is 9.59 Å². The lowest BCUT2D eigenvalue weighted by Gasteiger charge is -2.28. The Morgan fingerprint density at radius 3 is 2.73 bits per heavy atom. The maximum atomic E-state index is 12.2. The van der Waals surface area contributed by atoms with E-state index in [2.05, 4.69) is 22.8 Å². The lowest BCUT2D eigenvalue weighted by Crippen LogP contribution is -2.47. The molecule has 1 atom stereocenters. The second-order valence-corrected chi connectivity index (χ2v) is 5.79. The molecule has 1 aromatic carbocycles. The van der Waals surface area contributed by atoms with Gasteiger partial charge >= 0.3 is 0 Å². The first-order chi connectivity index (χ1) is 10.7. The second kappa shape index (κ2) is 6.64. The fourth-order valence-corrected chi connectivity index (χ4v) is 2.89. The third-order valence-electron chi connectivity index (χ3n) is 4.18. The SMILES string of the molecule is O=C1CN(c2ccc(NC(=O)C3CC=CCC3)cc2)CCN1. The number of carbonyl (C=O) groups excluding carboxylic acids is 2. The molecule has 1 saturated heterocycles. The van der Waals surface area contributed by atoms with E-state index < -0.39 is 0 Å². The Morgan fingerprint density at radius 2 is 2.05 bits per heavy atom. The van der Waals surface area contributed by atoms with Crippen LogP contribution in [0.4, 0.5) is 11.4 Å². The number of benzene rings is 1. The van der Waals surface area contributed by atoms with Crippen molar-refractivity contribution in [2.45, 2.75) is 19.3 Å². The summed E-state index contributed by atoms with van der Waals surface area (Å²) in [6, 6.07) is 7.71. The van der Waals surface area contributed by atoms with Crippen molar-refractivity contribution in [3.05, 3.63) is 36.4 Å². The number of allylic oxidation sites excluding steroid dienone is 2. The van der Waals surface area contributed by atoms with E-state index in [1.807, 2.05) is 29.2 Å². The quantitative estimate of drug-likeness (QED) is 0.838. The number of rotatable bonds is 3. The largest absolute Gasteiger partial charge is 0.360 e. The monoisotopic (exact) mass is 299 g/mol. The van der Waals surface area contributed by atoms with Gasteiger partial charge in [0.1, 0.15) is 0 Å². The maximum Gasteiger partial charge on any atom is 0.239 e. The Morgan fingerprint density at radius 1 is 1.23 bits per heavy atom. The molecule has 0 aromatic heterocycles. The summed E-state index contributed by atoms with van der Waals surface area (Å²) in [5.41, 5.74) is 1.82. The van der Waals surface area contributed by atoms with Crippen molar-refractivity contribution in [3.8, 4) is 0 Å². The summed E-state index contributed by atoms with van der Waals surface area (Å²) in [4.78, 5) is 25.6. The molecule has 2 amide bonds. The first kappa shape index (κ1) is 14.6. The standard InChI is InChI=1S/C17H21N3O2/c21-16-12-20(11-10-18-16)15-8-6-14(7-9-15)19-17(22)13-4-2-1-3-5-13/h1-2,6-9,13H,3-5,10-12H2,(H,18,21)(H,19,22). The molecule has 116 valence electrons. The third-order valence-corrected chi connectivity index (χ3v) is 4.18. The Labute approximate surface area is 130 Å². The van der Waals surface area contributed by atoms with Gasteiger partial charge in [-0.25, -0.2) is 0 Å². The number of hydrogen-bond acceptors (Lipinski definition) is 3. The summed E-state index contributed by atoms with van der Waals surface area (Å²) in [5, 5.41) is 5.79. The Balaban J connectivity index is 1.60. The van der Waals surface area contributed by atoms with E-state index in [9.17, 15) is 9.59 Å². The molecule has 2 aliphatic rings. The molecule has 5 nitrogen and oxygen atoms in total. The van der Waals surface area contributed by atoms with Gasteiger partial charge in [-0.1, -0.05) is 12.2 Å². The van der Waals surface area contributed by atoms with Crippen molar-refractivity contribution in [1.29, 1.82) is 0 Å². The van der Waals surface area contributed by atoms with E-state index in [4.69, 9.17) is 0 Å². The summed E-state index contributed by atoms with van der Waals surface area (Å²) >= 11 is 0. The highest BCUT2D eigenvalue weighted by Gasteiger charge is 2.19. The van der Waals surface area contributed by atoms with Crippen LogP contribution in [0.3, 0.4) is 0 Å². The van der Waals surface area contributed by atoms with E-state index in [0.29, 0.717) is 13.1 Å². The normalized spacial score (nSPS) is 21.4. The molecule has 22 heavy (non-hydrogen) atoms. The average molecular weight is 299 g/mol. The van der Waals surface area contributed by atoms with E-state index in [1.165, 1.54) is 0 Å². The zero-order chi connectivity index (χ0) is 15.4. The molecule has 2 N–H and O–H groups in total.